The molecule has 230 valence electrons. The second-order valence-electron chi connectivity index (χ2n) is 13.2. The second kappa shape index (κ2) is 13.6. The lowest BCUT2D eigenvalue weighted by Gasteiger charge is -2.35. The number of aromatic nitrogens is 2. The van der Waals surface area contributed by atoms with Gasteiger partial charge in [0, 0.05) is 31.7 Å². The Hall–Kier alpha value is -3.16. The Bertz CT molecular complexity index is 1340. The van der Waals surface area contributed by atoms with Crippen LogP contribution in [0, 0.1) is 18.8 Å². The Morgan fingerprint density at radius 1 is 1.05 bits per heavy atom. The molecule has 43 heavy (non-hydrogen) atoms. The molecule has 2 saturated heterocycles. The van der Waals surface area contributed by atoms with Crippen molar-refractivity contribution in [3.05, 3.63) is 83.2 Å². The molecule has 3 atom stereocenters. The first-order chi connectivity index (χ1) is 20.9. The Morgan fingerprint density at radius 3 is 2.51 bits per heavy atom. The van der Waals surface area contributed by atoms with E-state index in [-0.39, 0.29) is 6.04 Å². The number of hydrogen-bond acceptors (Lipinski definition) is 5. The van der Waals surface area contributed by atoms with Crippen LogP contribution in [-0.2, 0) is 11.3 Å². The number of piperidine rings is 1. The van der Waals surface area contributed by atoms with Crippen LogP contribution in [0.2, 0.25) is 0 Å². The van der Waals surface area contributed by atoms with E-state index in [0.29, 0.717) is 30.3 Å². The summed E-state index contributed by atoms with van der Waals surface area (Å²) in [7, 11) is 0. The Morgan fingerprint density at radius 2 is 1.84 bits per heavy atom. The maximum Gasteiger partial charge on any atom is 0.320 e. The summed E-state index contributed by atoms with van der Waals surface area (Å²) in [5.74, 6) is 2.21. The fraction of sp³-hybridized carbons (Fsp3) is 0.556. The Labute approximate surface area is 256 Å². The van der Waals surface area contributed by atoms with Gasteiger partial charge in [-0.25, -0.2) is 0 Å². The maximum atomic E-state index is 12.4. The molecule has 0 amide bonds. The molecule has 1 saturated carbocycles. The maximum absolute atomic E-state index is 12.4. The highest BCUT2D eigenvalue weighted by molar-refractivity contribution is 5.73. The van der Waals surface area contributed by atoms with E-state index in [2.05, 4.69) is 75.3 Å². The van der Waals surface area contributed by atoms with E-state index in [1.807, 2.05) is 19.1 Å². The van der Waals surface area contributed by atoms with E-state index in [4.69, 9.17) is 4.74 Å². The number of carboxylic acids is 1. The van der Waals surface area contributed by atoms with Gasteiger partial charge in [-0.15, -0.1) is 0 Å². The van der Waals surface area contributed by atoms with Crippen LogP contribution in [0.1, 0.15) is 79.5 Å². The number of hydrogen-bond donors (Lipinski definition) is 1. The first-order valence-corrected chi connectivity index (χ1v) is 16.4. The summed E-state index contributed by atoms with van der Waals surface area (Å²) in [5.41, 5.74) is 5.22. The van der Waals surface area contributed by atoms with Crippen LogP contribution >= 0.6 is 0 Å². The highest BCUT2D eigenvalue weighted by Gasteiger charge is 2.41. The van der Waals surface area contributed by atoms with Gasteiger partial charge in [-0.2, -0.15) is 5.10 Å². The molecular weight excluding hydrogens is 536 g/mol. The van der Waals surface area contributed by atoms with E-state index in [0.717, 1.165) is 64.3 Å². The normalized spacial score (nSPS) is 22.8. The zero-order chi connectivity index (χ0) is 29.8. The Balaban J connectivity index is 1.07. The third-order valence-corrected chi connectivity index (χ3v) is 10.2. The number of ether oxygens (including phenoxy) is 1. The summed E-state index contributed by atoms with van der Waals surface area (Å²) in [5, 5.41) is 14.9. The van der Waals surface area contributed by atoms with Crippen molar-refractivity contribution in [1.82, 2.24) is 19.6 Å². The third kappa shape index (κ3) is 7.32. The smallest absolute Gasteiger partial charge is 0.320 e. The number of nitrogens with zero attached hydrogens (tertiary/aromatic N) is 4. The minimum atomic E-state index is -0.639. The van der Waals surface area contributed by atoms with Crippen molar-refractivity contribution < 1.29 is 14.6 Å². The minimum Gasteiger partial charge on any atom is -0.494 e. The molecule has 3 aliphatic rings. The first kappa shape index (κ1) is 29.9. The zero-order valence-electron chi connectivity index (χ0n) is 25.9. The molecule has 2 aliphatic heterocycles. The number of likely N-dealkylation sites (tertiary alicyclic amines) is 2. The molecule has 3 aromatic rings. The van der Waals surface area contributed by atoms with Crippen LogP contribution in [0.4, 0.5) is 0 Å². The lowest BCUT2D eigenvalue weighted by Crippen LogP contribution is -2.43. The molecule has 1 aliphatic carbocycles. The molecule has 7 nitrogen and oxygen atoms in total. The van der Waals surface area contributed by atoms with Crippen molar-refractivity contribution in [3.63, 3.8) is 0 Å². The van der Waals surface area contributed by atoms with Crippen molar-refractivity contribution in [3.8, 4) is 5.75 Å². The van der Waals surface area contributed by atoms with Crippen LogP contribution in [0.3, 0.4) is 0 Å². The Kier molecular flexibility index (Phi) is 9.49. The molecule has 1 aromatic heterocycles. The van der Waals surface area contributed by atoms with E-state index < -0.39 is 5.97 Å². The second-order valence-corrected chi connectivity index (χ2v) is 13.2. The number of carbonyl (C=O) groups is 1. The van der Waals surface area contributed by atoms with E-state index in [9.17, 15) is 9.90 Å². The van der Waals surface area contributed by atoms with Gasteiger partial charge in [-0.05, 0) is 92.8 Å². The van der Waals surface area contributed by atoms with Crippen LogP contribution in [-0.4, -0.2) is 76.0 Å². The number of aliphatic carboxylic acids is 1. The van der Waals surface area contributed by atoms with Gasteiger partial charge in [-0.3, -0.25) is 14.4 Å². The fourth-order valence-electron chi connectivity index (χ4n) is 7.57. The lowest BCUT2D eigenvalue weighted by molar-refractivity contribution is -0.144. The van der Waals surface area contributed by atoms with Gasteiger partial charge in [-0.1, -0.05) is 61.2 Å². The van der Waals surface area contributed by atoms with Crippen LogP contribution < -0.4 is 4.74 Å². The third-order valence-electron chi connectivity index (χ3n) is 10.2. The summed E-state index contributed by atoms with van der Waals surface area (Å²) in [6.07, 6.45) is 11.0. The van der Waals surface area contributed by atoms with Gasteiger partial charge in [0.2, 0.25) is 0 Å². The van der Waals surface area contributed by atoms with Crippen molar-refractivity contribution in [2.24, 2.45) is 11.8 Å². The van der Waals surface area contributed by atoms with E-state index >= 15 is 0 Å². The van der Waals surface area contributed by atoms with E-state index in [1.165, 1.54) is 41.5 Å². The number of benzene rings is 2. The predicted octanol–water partition coefficient (Wildman–Crippen LogP) is 6.18. The molecule has 0 spiro atoms. The highest BCUT2D eigenvalue weighted by atomic mass is 16.5. The zero-order valence-corrected chi connectivity index (χ0v) is 25.9. The van der Waals surface area contributed by atoms with Gasteiger partial charge < -0.3 is 14.7 Å². The van der Waals surface area contributed by atoms with Gasteiger partial charge in [0.05, 0.1) is 19.3 Å². The SMILES string of the molecule is CCOc1ccc(Cn2cc(C3CCN(C[C@H]4CN([C@H](CC5CCC5)C(=O)O)C[C@@H]4c4cccc(C)c4)CC3)cn2)cc1. The molecule has 1 N–H and O–H groups in total. The standard InChI is InChI=1S/C36H48N4O3/c1-3-43-33-12-10-28(11-13-33)21-40-24-31(20-37-40)29-14-16-38(17-15-29)22-32-23-39(35(36(41)42)19-27-7-5-8-27)25-34(32)30-9-4-6-26(2)18-30/h4,6,9-13,18,20,24,27,29,32,34-35H,3,5,7-8,14-17,19,21-23,25H2,1-2H3,(H,41,42)/t32-,34+,35+/m0/s1. The molecule has 6 rings (SSSR count). The monoisotopic (exact) mass is 584 g/mol. The molecular formula is C36H48N4O3. The molecule has 2 aromatic carbocycles. The van der Waals surface area contributed by atoms with Crippen molar-refractivity contribution >= 4 is 5.97 Å². The van der Waals surface area contributed by atoms with Gasteiger partial charge in [0.25, 0.3) is 0 Å². The summed E-state index contributed by atoms with van der Waals surface area (Å²) < 4.78 is 7.63. The lowest BCUT2D eigenvalue weighted by atomic mass is 9.80. The topological polar surface area (TPSA) is 70.8 Å². The number of carboxylic acid groups (broad SMARTS) is 1. The summed E-state index contributed by atoms with van der Waals surface area (Å²) in [4.78, 5) is 17.4. The van der Waals surface area contributed by atoms with Crippen LogP contribution in [0.15, 0.2) is 60.9 Å². The highest BCUT2D eigenvalue weighted by Crippen LogP contribution is 2.39. The fourth-order valence-corrected chi connectivity index (χ4v) is 7.57. The van der Waals surface area contributed by atoms with Gasteiger partial charge in [0.1, 0.15) is 11.8 Å². The average molecular weight is 585 g/mol. The molecule has 7 heteroatoms. The average Bonchev–Trinajstić information content (AvgIpc) is 3.61. The number of rotatable bonds is 12. The quantitative estimate of drug-likeness (QED) is 0.274. The van der Waals surface area contributed by atoms with Crippen molar-refractivity contribution in [1.29, 1.82) is 0 Å². The summed E-state index contributed by atoms with van der Waals surface area (Å²) >= 11 is 0. The van der Waals surface area contributed by atoms with Crippen LogP contribution in [0.25, 0.3) is 0 Å². The molecule has 0 bridgehead atoms. The van der Waals surface area contributed by atoms with E-state index in [1.54, 1.807) is 0 Å². The van der Waals surface area contributed by atoms with Crippen LogP contribution in [0.5, 0.6) is 5.75 Å². The summed E-state index contributed by atoms with van der Waals surface area (Å²) in [6, 6.07) is 16.8. The molecule has 3 heterocycles. The van der Waals surface area contributed by atoms with Crippen molar-refractivity contribution in [2.45, 2.75) is 76.8 Å². The molecule has 0 radical (unpaired) electrons. The predicted molar refractivity (Wildman–Crippen MR) is 170 cm³/mol. The first-order valence-electron chi connectivity index (χ1n) is 16.4. The van der Waals surface area contributed by atoms with Crippen molar-refractivity contribution in [2.75, 3.05) is 39.3 Å². The molecule has 3 fully saturated rings. The van der Waals surface area contributed by atoms with Gasteiger partial charge >= 0.3 is 5.97 Å². The molecule has 0 unspecified atom stereocenters. The van der Waals surface area contributed by atoms with Gasteiger partial charge in [0.15, 0.2) is 0 Å². The largest absolute Gasteiger partial charge is 0.494 e. The number of aryl methyl sites for hydroxylation is 1. The summed E-state index contributed by atoms with van der Waals surface area (Å²) in [6.45, 7) is 10.5. The minimum absolute atomic E-state index is 0.354.